The first-order valence-electron chi connectivity index (χ1n) is 4.05. The summed E-state index contributed by atoms with van der Waals surface area (Å²) < 4.78 is 5.75. The summed E-state index contributed by atoms with van der Waals surface area (Å²) in [5, 5.41) is 0. The monoisotopic (exact) mass is 258 g/mol. The summed E-state index contributed by atoms with van der Waals surface area (Å²) in [7, 11) is 1.53. The van der Waals surface area contributed by atoms with Crippen molar-refractivity contribution in [3.63, 3.8) is 0 Å². The Hall–Kier alpha value is -0.940. The van der Waals surface area contributed by atoms with Crippen LogP contribution in [-0.4, -0.2) is 23.9 Å². The highest BCUT2D eigenvalue weighted by Gasteiger charge is 2.14. The van der Waals surface area contributed by atoms with Crippen molar-refractivity contribution in [2.75, 3.05) is 7.11 Å². The highest BCUT2D eigenvalue weighted by molar-refractivity contribution is 9.10. The zero-order chi connectivity index (χ0) is 10.7. The maximum atomic E-state index is 11.5. The molecule has 0 saturated heterocycles. The third-order valence-electron chi connectivity index (χ3n) is 1.71. The Morgan fingerprint density at radius 1 is 1.71 bits per heavy atom. The molecule has 0 bridgehead atoms. The van der Waals surface area contributed by atoms with E-state index in [1.807, 2.05) is 0 Å². The SMILES string of the molecule is COc1cc(C(=O)C(C)N)ncc1Br. The summed E-state index contributed by atoms with van der Waals surface area (Å²) in [6, 6.07) is 1.02. The standard InChI is InChI=1S/C9H11BrN2O2/c1-5(11)9(13)7-3-8(14-2)6(10)4-12-7/h3-5H,11H2,1-2H3. The molecule has 0 fully saturated rings. The Kier molecular flexibility index (Phi) is 3.60. The lowest BCUT2D eigenvalue weighted by Gasteiger charge is -2.06. The van der Waals surface area contributed by atoms with Gasteiger partial charge in [0.2, 0.25) is 0 Å². The predicted octanol–water partition coefficient (Wildman–Crippen LogP) is 1.38. The third kappa shape index (κ3) is 2.30. The van der Waals surface area contributed by atoms with Gasteiger partial charge in [-0.25, -0.2) is 0 Å². The highest BCUT2D eigenvalue weighted by atomic mass is 79.9. The second-order valence-electron chi connectivity index (χ2n) is 2.86. The molecule has 1 atom stereocenters. The van der Waals surface area contributed by atoms with Crippen LogP contribution in [0.25, 0.3) is 0 Å². The third-order valence-corrected chi connectivity index (χ3v) is 2.30. The number of nitrogens with two attached hydrogens (primary N) is 1. The van der Waals surface area contributed by atoms with Crippen LogP contribution in [0.3, 0.4) is 0 Å². The molecule has 0 aliphatic rings. The molecule has 1 heterocycles. The van der Waals surface area contributed by atoms with Crippen LogP contribution < -0.4 is 10.5 Å². The Morgan fingerprint density at radius 2 is 2.36 bits per heavy atom. The van der Waals surface area contributed by atoms with Gasteiger partial charge in [-0.05, 0) is 22.9 Å². The number of pyridine rings is 1. The molecule has 0 aliphatic heterocycles. The van der Waals surface area contributed by atoms with E-state index in [-0.39, 0.29) is 5.78 Å². The number of ketones is 1. The molecule has 1 unspecified atom stereocenters. The molecule has 14 heavy (non-hydrogen) atoms. The van der Waals surface area contributed by atoms with E-state index in [2.05, 4.69) is 20.9 Å². The van der Waals surface area contributed by atoms with Crippen LogP contribution in [0, 0.1) is 0 Å². The molecule has 1 aromatic heterocycles. The zero-order valence-corrected chi connectivity index (χ0v) is 9.54. The van der Waals surface area contributed by atoms with Crippen molar-refractivity contribution in [1.29, 1.82) is 0 Å². The summed E-state index contributed by atoms with van der Waals surface area (Å²) in [6.07, 6.45) is 1.52. The van der Waals surface area contributed by atoms with Crippen molar-refractivity contribution in [2.45, 2.75) is 13.0 Å². The summed E-state index contributed by atoms with van der Waals surface area (Å²) in [5.74, 6) is 0.375. The minimum absolute atomic E-state index is 0.198. The lowest BCUT2D eigenvalue weighted by Crippen LogP contribution is -2.27. The van der Waals surface area contributed by atoms with Gasteiger partial charge in [0.15, 0.2) is 5.78 Å². The molecule has 76 valence electrons. The molecule has 0 aliphatic carbocycles. The van der Waals surface area contributed by atoms with Gasteiger partial charge >= 0.3 is 0 Å². The van der Waals surface area contributed by atoms with Crippen LogP contribution in [0.2, 0.25) is 0 Å². The second-order valence-corrected chi connectivity index (χ2v) is 3.71. The molecular weight excluding hydrogens is 248 g/mol. The Bertz CT molecular complexity index is 353. The molecule has 0 aromatic carbocycles. The fourth-order valence-electron chi connectivity index (χ4n) is 0.945. The largest absolute Gasteiger partial charge is 0.495 e. The van der Waals surface area contributed by atoms with Crippen LogP contribution in [0.15, 0.2) is 16.7 Å². The molecule has 0 amide bonds. The number of ether oxygens (including phenoxy) is 1. The van der Waals surface area contributed by atoms with Crippen LogP contribution in [0.4, 0.5) is 0 Å². The normalized spacial score (nSPS) is 12.3. The number of rotatable bonds is 3. The molecule has 2 N–H and O–H groups in total. The van der Waals surface area contributed by atoms with Gasteiger partial charge in [-0.15, -0.1) is 0 Å². The molecule has 4 nitrogen and oxygen atoms in total. The van der Waals surface area contributed by atoms with Gasteiger partial charge in [-0.1, -0.05) is 0 Å². The van der Waals surface area contributed by atoms with Gasteiger partial charge in [0.1, 0.15) is 11.4 Å². The number of halogens is 1. The summed E-state index contributed by atoms with van der Waals surface area (Å²) in [5.41, 5.74) is 5.77. The van der Waals surface area contributed by atoms with Crippen molar-refractivity contribution in [3.8, 4) is 5.75 Å². The molecule has 5 heteroatoms. The maximum absolute atomic E-state index is 11.5. The smallest absolute Gasteiger partial charge is 0.197 e. The fourth-order valence-corrected chi connectivity index (χ4v) is 1.32. The van der Waals surface area contributed by atoms with E-state index < -0.39 is 6.04 Å². The van der Waals surface area contributed by atoms with Crippen LogP contribution in [0.1, 0.15) is 17.4 Å². The summed E-state index contributed by atoms with van der Waals surface area (Å²) in [4.78, 5) is 15.4. The van der Waals surface area contributed by atoms with Crippen LogP contribution in [-0.2, 0) is 0 Å². The number of hydrogen-bond donors (Lipinski definition) is 1. The van der Waals surface area contributed by atoms with Crippen molar-refractivity contribution < 1.29 is 9.53 Å². The van der Waals surface area contributed by atoms with Gasteiger partial charge in [-0.2, -0.15) is 0 Å². The number of carbonyl (C=O) groups excluding carboxylic acids is 1. The van der Waals surface area contributed by atoms with Crippen molar-refractivity contribution >= 4 is 21.7 Å². The Balaban J connectivity index is 3.06. The minimum Gasteiger partial charge on any atom is -0.495 e. The van der Waals surface area contributed by atoms with E-state index in [1.54, 1.807) is 13.0 Å². The van der Waals surface area contributed by atoms with E-state index in [0.717, 1.165) is 0 Å². The molecule has 1 aromatic rings. The van der Waals surface area contributed by atoms with E-state index in [4.69, 9.17) is 10.5 Å². The number of aromatic nitrogens is 1. The van der Waals surface area contributed by atoms with Gasteiger partial charge in [0.05, 0.1) is 17.6 Å². The Morgan fingerprint density at radius 3 is 2.86 bits per heavy atom. The van der Waals surface area contributed by atoms with Gasteiger partial charge < -0.3 is 10.5 Å². The number of nitrogens with zero attached hydrogens (tertiary/aromatic N) is 1. The zero-order valence-electron chi connectivity index (χ0n) is 7.95. The maximum Gasteiger partial charge on any atom is 0.197 e. The van der Waals surface area contributed by atoms with E-state index in [9.17, 15) is 4.79 Å². The number of Topliss-reactive ketones (excluding diaryl/α,β-unsaturated/α-hetero) is 1. The average molecular weight is 259 g/mol. The highest BCUT2D eigenvalue weighted by Crippen LogP contribution is 2.24. The quantitative estimate of drug-likeness (QED) is 0.833. The summed E-state index contributed by atoms with van der Waals surface area (Å²) in [6.45, 7) is 1.62. The van der Waals surface area contributed by atoms with Crippen molar-refractivity contribution in [3.05, 3.63) is 22.4 Å². The lowest BCUT2D eigenvalue weighted by atomic mass is 10.1. The molecule has 0 saturated carbocycles. The molecular formula is C9H11BrN2O2. The van der Waals surface area contributed by atoms with Crippen molar-refractivity contribution in [1.82, 2.24) is 4.98 Å². The predicted molar refractivity (Wildman–Crippen MR) is 56.5 cm³/mol. The van der Waals surface area contributed by atoms with E-state index >= 15 is 0 Å². The van der Waals surface area contributed by atoms with Gasteiger partial charge in [0.25, 0.3) is 0 Å². The van der Waals surface area contributed by atoms with Crippen LogP contribution >= 0.6 is 15.9 Å². The van der Waals surface area contributed by atoms with Gasteiger partial charge in [-0.3, -0.25) is 9.78 Å². The summed E-state index contributed by atoms with van der Waals surface area (Å²) >= 11 is 3.25. The molecule has 0 radical (unpaired) electrons. The fraction of sp³-hybridized carbons (Fsp3) is 0.333. The topological polar surface area (TPSA) is 65.2 Å². The first kappa shape index (κ1) is 11.1. The van der Waals surface area contributed by atoms with Crippen molar-refractivity contribution in [2.24, 2.45) is 5.73 Å². The molecule has 0 spiro atoms. The van der Waals surface area contributed by atoms with Gasteiger partial charge in [0, 0.05) is 12.3 Å². The lowest BCUT2D eigenvalue weighted by molar-refractivity contribution is 0.0962. The number of hydrogen-bond acceptors (Lipinski definition) is 4. The molecule has 1 rings (SSSR count). The second kappa shape index (κ2) is 4.52. The first-order chi connectivity index (χ1) is 6.56. The number of methoxy groups -OCH3 is 1. The first-order valence-corrected chi connectivity index (χ1v) is 4.85. The van der Waals surface area contributed by atoms with E-state index in [1.165, 1.54) is 13.3 Å². The van der Waals surface area contributed by atoms with Crippen LogP contribution in [0.5, 0.6) is 5.75 Å². The average Bonchev–Trinajstić information content (AvgIpc) is 2.17. The number of carbonyl (C=O) groups is 1. The van der Waals surface area contributed by atoms with E-state index in [0.29, 0.717) is 15.9 Å². The Labute approximate surface area is 90.6 Å². The minimum atomic E-state index is -0.548.